The van der Waals surface area contributed by atoms with Crippen molar-refractivity contribution in [3.63, 3.8) is 0 Å². The lowest BCUT2D eigenvalue weighted by atomic mass is 10.0. The summed E-state index contributed by atoms with van der Waals surface area (Å²) in [5.74, 6) is -0.734. The minimum atomic E-state index is -0.905. The van der Waals surface area contributed by atoms with Crippen LogP contribution in [0.5, 0.6) is 0 Å². The predicted molar refractivity (Wildman–Crippen MR) is 51.8 cm³/mol. The van der Waals surface area contributed by atoms with E-state index in [0.29, 0.717) is 19.3 Å². The van der Waals surface area contributed by atoms with Crippen LogP contribution in [0.2, 0.25) is 0 Å². The van der Waals surface area contributed by atoms with Crippen LogP contribution >= 0.6 is 0 Å². The molecular weight excluding hydrogens is 196 g/mol. The number of imide groups is 2. The summed E-state index contributed by atoms with van der Waals surface area (Å²) >= 11 is 0. The standard InChI is InChI=1S/C10H14N2O3/c1-3-6(2)12-8(14)10(4-5-10)7(13)11-9(12)15/h6H,3-5H2,1-2H3,(H,11,13,15). The third-order valence-corrected chi connectivity index (χ3v) is 3.28. The second-order valence-electron chi connectivity index (χ2n) is 4.27. The molecule has 5 heteroatoms. The van der Waals surface area contributed by atoms with E-state index in [1.54, 1.807) is 0 Å². The first-order chi connectivity index (χ1) is 7.03. The maximum atomic E-state index is 12.0. The Kier molecular flexibility index (Phi) is 2.06. The fourth-order valence-electron chi connectivity index (χ4n) is 1.85. The predicted octanol–water partition coefficient (Wildman–Crippen LogP) is 0.643. The van der Waals surface area contributed by atoms with E-state index in [1.165, 1.54) is 4.90 Å². The van der Waals surface area contributed by atoms with Crippen molar-refractivity contribution >= 4 is 17.8 Å². The van der Waals surface area contributed by atoms with Crippen LogP contribution < -0.4 is 5.32 Å². The fourth-order valence-corrected chi connectivity index (χ4v) is 1.85. The average molecular weight is 210 g/mol. The van der Waals surface area contributed by atoms with E-state index in [0.717, 1.165) is 0 Å². The average Bonchev–Trinajstić information content (AvgIpc) is 2.96. The van der Waals surface area contributed by atoms with Gasteiger partial charge in [0.1, 0.15) is 5.41 Å². The molecule has 2 aliphatic rings. The first-order valence-electron chi connectivity index (χ1n) is 5.22. The lowest BCUT2D eigenvalue weighted by Crippen LogP contribution is -2.61. The normalized spacial score (nSPS) is 25.5. The third-order valence-electron chi connectivity index (χ3n) is 3.28. The van der Waals surface area contributed by atoms with Gasteiger partial charge in [0, 0.05) is 6.04 Å². The number of nitrogens with zero attached hydrogens (tertiary/aromatic N) is 1. The first kappa shape index (κ1) is 10.1. The molecule has 0 aromatic rings. The van der Waals surface area contributed by atoms with Crippen LogP contribution in [-0.4, -0.2) is 28.8 Å². The van der Waals surface area contributed by atoms with Crippen LogP contribution in [0.15, 0.2) is 0 Å². The summed E-state index contributed by atoms with van der Waals surface area (Å²) in [7, 11) is 0. The van der Waals surface area contributed by atoms with Crippen molar-refractivity contribution in [2.24, 2.45) is 5.41 Å². The molecule has 1 saturated carbocycles. The molecule has 0 bridgehead atoms. The molecule has 2 rings (SSSR count). The monoisotopic (exact) mass is 210 g/mol. The van der Waals surface area contributed by atoms with Crippen molar-refractivity contribution in [1.82, 2.24) is 10.2 Å². The summed E-state index contributed by atoms with van der Waals surface area (Å²) in [4.78, 5) is 36.1. The highest BCUT2D eigenvalue weighted by atomic mass is 16.2. The lowest BCUT2D eigenvalue weighted by Gasteiger charge is -2.33. The van der Waals surface area contributed by atoms with Crippen LogP contribution in [0.1, 0.15) is 33.1 Å². The number of rotatable bonds is 2. The van der Waals surface area contributed by atoms with E-state index in [1.807, 2.05) is 13.8 Å². The number of barbiturate groups is 1. The molecule has 1 heterocycles. The highest BCUT2D eigenvalue weighted by Crippen LogP contribution is 2.49. The molecule has 1 aliphatic carbocycles. The van der Waals surface area contributed by atoms with Crippen molar-refractivity contribution in [2.75, 3.05) is 0 Å². The quantitative estimate of drug-likeness (QED) is 0.680. The van der Waals surface area contributed by atoms with Gasteiger partial charge >= 0.3 is 6.03 Å². The third kappa shape index (κ3) is 1.26. The number of hydrogen-bond donors (Lipinski definition) is 1. The molecule has 2 fully saturated rings. The Morgan fingerprint density at radius 1 is 1.40 bits per heavy atom. The van der Waals surface area contributed by atoms with E-state index in [4.69, 9.17) is 0 Å². The van der Waals surface area contributed by atoms with Gasteiger partial charge in [-0.2, -0.15) is 0 Å². The molecule has 0 aromatic heterocycles. The molecule has 0 radical (unpaired) electrons. The summed E-state index contributed by atoms with van der Waals surface area (Å²) < 4.78 is 0. The van der Waals surface area contributed by atoms with Gasteiger partial charge in [-0.25, -0.2) is 4.79 Å². The van der Waals surface area contributed by atoms with Gasteiger partial charge in [-0.05, 0) is 26.2 Å². The number of amides is 4. The summed E-state index contributed by atoms with van der Waals surface area (Å²) in [5, 5.41) is 2.26. The highest BCUT2D eigenvalue weighted by Gasteiger charge is 2.62. The molecule has 1 N–H and O–H groups in total. The highest BCUT2D eigenvalue weighted by molar-refractivity contribution is 6.21. The summed E-state index contributed by atoms with van der Waals surface area (Å²) in [6.45, 7) is 3.71. The largest absolute Gasteiger partial charge is 0.331 e. The zero-order valence-electron chi connectivity index (χ0n) is 8.87. The van der Waals surface area contributed by atoms with Gasteiger partial charge in [-0.1, -0.05) is 6.92 Å². The topological polar surface area (TPSA) is 66.5 Å². The molecule has 15 heavy (non-hydrogen) atoms. The SMILES string of the molecule is CCC(C)N1C(=O)NC(=O)C2(CC2)C1=O. The van der Waals surface area contributed by atoms with Crippen molar-refractivity contribution < 1.29 is 14.4 Å². The maximum absolute atomic E-state index is 12.0. The van der Waals surface area contributed by atoms with Crippen molar-refractivity contribution in [3.8, 4) is 0 Å². The number of nitrogens with one attached hydrogen (secondary N) is 1. The van der Waals surface area contributed by atoms with Gasteiger partial charge in [0.05, 0.1) is 0 Å². The molecule has 1 unspecified atom stereocenters. The van der Waals surface area contributed by atoms with Crippen molar-refractivity contribution in [2.45, 2.75) is 39.2 Å². The van der Waals surface area contributed by atoms with Gasteiger partial charge in [-0.3, -0.25) is 19.8 Å². The molecule has 1 spiro atoms. The second-order valence-corrected chi connectivity index (χ2v) is 4.27. The zero-order chi connectivity index (χ0) is 11.2. The fraction of sp³-hybridized carbons (Fsp3) is 0.700. The Bertz CT molecular complexity index is 347. The van der Waals surface area contributed by atoms with Crippen LogP contribution in [0.25, 0.3) is 0 Å². The maximum Gasteiger partial charge on any atom is 0.331 e. The second kappa shape index (κ2) is 3.05. The van der Waals surface area contributed by atoms with Crippen molar-refractivity contribution in [1.29, 1.82) is 0 Å². The lowest BCUT2D eigenvalue weighted by molar-refractivity contribution is -0.145. The molecule has 0 aromatic carbocycles. The van der Waals surface area contributed by atoms with Gasteiger partial charge in [0.2, 0.25) is 11.8 Å². The van der Waals surface area contributed by atoms with Crippen LogP contribution in [-0.2, 0) is 9.59 Å². The van der Waals surface area contributed by atoms with Crippen molar-refractivity contribution in [3.05, 3.63) is 0 Å². The molecule has 5 nitrogen and oxygen atoms in total. The van der Waals surface area contributed by atoms with Crippen LogP contribution in [0.4, 0.5) is 4.79 Å². The Balaban J connectivity index is 2.28. The molecule has 1 atom stereocenters. The van der Waals surface area contributed by atoms with Gasteiger partial charge in [0.25, 0.3) is 0 Å². The minimum absolute atomic E-state index is 0.150. The summed E-state index contributed by atoms with van der Waals surface area (Å²) in [6, 6.07) is -0.722. The van der Waals surface area contributed by atoms with Gasteiger partial charge in [-0.15, -0.1) is 0 Å². The molecular formula is C10H14N2O3. The molecule has 1 aliphatic heterocycles. The van der Waals surface area contributed by atoms with E-state index in [9.17, 15) is 14.4 Å². The Hall–Kier alpha value is -1.39. The molecule has 82 valence electrons. The molecule has 4 amide bonds. The number of carbonyl (C=O) groups is 3. The smallest absolute Gasteiger partial charge is 0.277 e. The summed E-state index contributed by atoms with van der Waals surface area (Å²) in [6.07, 6.45) is 1.83. The van der Waals surface area contributed by atoms with Gasteiger partial charge < -0.3 is 0 Å². The Labute approximate surface area is 87.8 Å². The first-order valence-corrected chi connectivity index (χ1v) is 5.22. The molecule has 1 saturated heterocycles. The van der Waals surface area contributed by atoms with Crippen LogP contribution in [0.3, 0.4) is 0 Å². The Morgan fingerprint density at radius 3 is 2.47 bits per heavy atom. The van der Waals surface area contributed by atoms with E-state index in [-0.39, 0.29) is 11.9 Å². The van der Waals surface area contributed by atoms with E-state index in [2.05, 4.69) is 5.32 Å². The zero-order valence-corrected chi connectivity index (χ0v) is 8.87. The summed E-state index contributed by atoms with van der Waals surface area (Å²) in [5.41, 5.74) is -0.905. The number of carbonyl (C=O) groups excluding carboxylic acids is 3. The number of hydrogen-bond acceptors (Lipinski definition) is 3. The van der Waals surface area contributed by atoms with E-state index >= 15 is 0 Å². The van der Waals surface area contributed by atoms with E-state index < -0.39 is 17.4 Å². The number of urea groups is 1. The van der Waals surface area contributed by atoms with Crippen LogP contribution in [0, 0.1) is 5.41 Å². The minimum Gasteiger partial charge on any atom is -0.277 e. The van der Waals surface area contributed by atoms with Gasteiger partial charge in [0.15, 0.2) is 0 Å². The Morgan fingerprint density at radius 2 is 2.00 bits per heavy atom.